The fourth-order valence-electron chi connectivity index (χ4n) is 2.42. The first kappa shape index (κ1) is 13.8. The molecule has 0 radical (unpaired) electrons. The van der Waals surface area contributed by atoms with Gasteiger partial charge < -0.3 is 5.32 Å². The third-order valence-electron chi connectivity index (χ3n) is 3.50. The van der Waals surface area contributed by atoms with E-state index < -0.39 is 0 Å². The van der Waals surface area contributed by atoms with Crippen molar-refractivity contribution in [3.05, 3.63) is 41.7 Å². The zero-order chi connectivity index (χ0) is 13.5. The van der Waals surface area contributed by atoms with Crippen molar-refractivity contribution in [1.29, 1.82) is 0 Å². The van der Waals surface area contributed by atoms with Gasteiger partial charge in [0, 0.05) is 12.1 Å². The van der Waals surface area contributed by atoms with Gasteiger partial charge in [-0.05, 0) is 36.6 Å². The predicted octanol–water partition coefficient (Wildman–Crippen LogP) is 3.68. The summed E-state index contributed by atoms with van der Waals surface area (Å²) in [5.74, 6) is -0.323. The molecule has 0 aliphatic heterocycles. The molecule has 0 aromatic heterocycles. The largest absolute Gasteiger partial charge is 0.350 e. The van der Waals surface area contributed by atoms with Crippen LogP contribution in [0.15, 0.2) is 30.3 Å². The molecule has 1 aliphatic rings. The first-order valence-electron chi connectivity index (χ1n) is 6.98. The number of carbonyl (C=O) groups excluding carboxylic acids is 1. The van der Waals surface area contributed by atoms with Gasteiger partial charge >= 0.3 is 0 Å². The lowest BCUT2D eigenvalue weighted by Gasteiger charge is -2.14. The van der Waals surface area contributed by atoms with Gasteiger partial charge in [0.15, 0.2) is 0 Å². The minimum absolute atomic E-state index is 0.0591. The van der Waals surface area contributed by atoms with E-state index in [9.17, 15) is 9.18 Å². The van der Waals surface area contributed by atoms with Crippen molar-refractivity contribution in [1.82, 2.24) is 5.32 Å². The molecular formula is C16H20FNO. The lowest BCUT2D eigenvalue weighted by Crippen LogP contribution is -2.33. The van der Waals surface area contributed by atoms with Gasteiger partial charge in [-0.3, -0.25) is 4.79 Å². The van der Waals surface area contributed by atoms with E-state index in [-0.39, 0.29) is 11.7 Å². The second-order valence-electron chi connectivity index (χ2n) is 5.08. The Balaban J connectivity index is 1.84. The smallest absolute Gasteiger partial charge is 0.244 e. The minimum atomic E-state index is -0.264. The number of amides is 1. The Bertz CT molecular complexity index is 431. The van der Waals surface area contributed by atoms with Crippen molar-refractivity contribution in [3.63, 3.8) is 0 Å². The van der Waals surface area contributed by atoms with E-state index in [1.165, 1.54) is 43.9 Å². The Hall–Kier alpha value is -1.64. The van der Waals surface area contributed by atoms with Crippen LogP contribution in [0, 0.1) is 5.82 Å². The fraction of sp³-hybridized carbons (Fsp3) is 0.438. The fourth-order valence-corrected chi connectivity index (χ4v) is 2.42. The van der Waals surface area contributed by atoms with E-state index in [1.807, 2.05) is 0 Å². The summed E-state index contributed by atoms with van der Waals surface area (Å²) in [5, 5.41) is 3.04. The number of rotatable bonds is 3. The van der Waals surface area contributed by atoms with Crippen molar-refractivity contribution in [3.8, 4) is 0 Å². The molecule has 0 unspecified atom stereocenters. The number of halogens is 1. The number of benzene rings is 1. The zero-order valence-electron chi connectivity index (χ0n) is 11.1. The topological polar surface area (TPSA) is 29.1 Å². The maximum Gasteiger partial charge on any atom is 0.244 e. The molecule has 102 valence electrons. The molecule has 1 N–H and O–H groups in total. The zero-order valence-corrected chi connectivity index (χ0v) is 11.1. The average molecular weight is 261 g/mol. The maximum absolute atomic E-state index is 12.7. The highest BCUT2D eigenvalue weighted by molar-refractivity contribution is 5.91. The third-order valence-corrected chi connectivity index (χ3v) is 3.50. The van der Waals surface area contributed by atoms with E-state index in [1.54, 1.807) is 18.2 Å². The molecule has 0 bridgehead atoms. The number of carbonyl (C=O) groups is 1. The SMILES string of the molecule is O=C(/C=C/c1ccc(F)cc1)NC1CCCCCC1. The Labute approximate surface area is 113 Å². The molecule has 1 amide bonds. The molecular weight excluding hydrogens is 241 g/mol. The molecule has 0 atom stereocenters. The first-order valence-corrected chi connectivity index (χ1v) is 6.98. The molecule has 2 nitrogen and oxygen atoms in total. The van der Waals surface area contributed by atoms with Crippen LogP contribution in [0.1, 0.15) is 44.1 Å². The van der Waals surface area contributed by atoms with Crippen LogP contribution in [0.2, 0.25) is 0 Å². The van der Waals surface area contributed by atoms with Gasteiger partial charge in [-0.1, -0.05) is 37.8 Å². The van der Waals surface area contributed by atoms with Gasteiger partial charge in [0.25, 0.3) is 0 Å². The first-order chi connectivity index (χ1) is 9.24. The Morgan fingerprint density at radius 2 is 1.74 bits per heavy atom. The van der Waals surface area contributed by atoms with Gasteiger partial charge in [-0.15, -0.1) is 0 Å². The molecule has 0 heterocycles. The Kier molecular flexibility index (Phi) is 5.13. The van der Waals surface area contributed by atoms with E-state index in [4.69, 9.17) is 0 Å². The van der Waals surface area contributed by atoms with Crippen LogP contribution in [0.25, 0.3) is 6.08 Å². The summed E-state index contributed by atoms with van der Waals surface area (Å²) in [6.07, 6.45) is 10.4. The Morgan fingerprint density at radius 3 is 2.37 bits per heavy atom. The highest BCUT2D eigenvalue weighted by atomic mass is 19.1. The summed E-state index contributed by atoms with van der Waals surface area (Å²) >= 11 is 0. The second kappa shape index (κ2) is 7.07. The van der Waals surface area contributed by atoms with Crippen molar-refractivity contribution >= 4 is 12.0 Å². The van der Waals surface area contributed by atoms with Crippen molar-refractivity contribution in [2.45, 2.75) is 44.6 Å². The quantitative estimate of drug-likeness (QED) is 0.652. The normalized spacial score (nSPS) is 17.3. The number of hydrogen-bond acceptors (Lipinski definition) is 1. The third kappa shape index (κ3) is 4.86. The van der Waals surface area contributed by atoms with E-state index in [2.05, 4.69) is 5.32 Å². The van der Waals surface area contributed by atoms with Crippen LogP contribution in [-0.4, -0.2) is 11.9 Å². The minimum Gasteiger partial charge on any atom is -0.350 e. The van der Waals surface area contributed by atoms with Gasteiger partial charge in [0.1, 0.15) is 5.82 Å². The van der Waals surface area contributed by atoms with Crippen LogP contribution >= 0.6 is 0 Å². The highest BCUT2D eigenvalue weighted by Gasteiger charge is 2.12. The summed E-state index contributed by atoms with van der Waals surface area (Å²) in [5.41, 5.74) is 0.831. The Morgan fingerprint density at radius 1 is 1.11 bits per heavy atom. The van der Waals surface area contributed by atoms with Crippen LogP contribution < -0.4 is 5.32 Å². The van der Waals surface area contributed by atoms with Crippen LogP contribution in [0.3, 0.4) is 0 Å². The maximum atomic E-state index is 12.7. The number of nitrogens with one attached hydrogen (secondary N) is 1. The molecule has 19 heavy (non-hydrogen) atoms. The highest BCUT2D eigenvalue weighted by Crippen LogP contribution is 2.17. The molecule has 1 saturated carbocycles. The van der Waals surface area contributed by atoms with E-state index >= 15 is 0 Å². The molecule has 2 rings (SSSR count). The van der Waals surface area contributed by atoms with Gasteiger partial charge in [-0.2, -0.15) is 0 Å². The van der Waals surface area contributed by atoms with Gasteiger partial charge in [-0.25, -0.2) is 4.39 Å². The molecule has 1 fully saturated rings. The van der Waals surface area contributed by atoms with Crippen LogP contribution in [0.4, 0.5) is 4.39 Å². The molecule has 0 saturated heterocycles. The van der Waals surface area contributed by atoms with Crippen molar-refractivity contribution < 1.29 is 9.18 Å². The standard InChI is InChI=1S/C16H20FNO/c17-14-10-7-13(8-11-14)9-12-16(19)18-15-5-3-1-2-4-6-15/h7-12,15H,1-6H2,(H,18,19)/b12-9+. The lowest BCUT2D eigenvalue weighted by atomic mass is 10.1. The number of hydrogen-bond donors (Lipinski definition) is 1. The van der Waals surface area contributed by atoms with E-state index in [0.717, 1.165) is 18.4 Å². The average Bonchev–Trinajstić information content (AvgIpc) is 2.67. The summed E-state index contributed by atoms with van der Waals surface area (Å²) in [7, 11) is 0. The van der Waals surface area contributed by atoms with Gasteiger partial charge in [0.05, 0.1) is 0 Å². The van der Waals surface area contributed by atoms with E-state index in [0.29, 0.717) is 6.04 Å². The summed E-state index contributed by atoms with van der Waals surface area (Å²) in [4.78, 5) is 11.8. The van der Waals surface area contributed by atoms with Gasteiger partial charge in [0.2, 0.25) is 5.91 Å². The molecule has 1 aromatic rings. The lowest BCUT2D eigenvalue weighted by molar-refractivity contribution is -0.117. The predicted molar refractivity (Wildman–Crippen MR) is 75.1 cm³/mol. The molecule has 1 aromatic carbocycles. The summed E-state index contributed by atoms with van der Waals surface area (Å²) in [6.45, 7) is 0. The van der Waals surface area contributed by atoms with Crippen molar-refractivity contribution in [2.75, 3.05) is 0 Å². The summed E-state index contributed by atoms with van der Waals surface area (Å²) < 4.78 is 12.7. The van der Waals surface area contributed by atoms with Crippen molar-refractivity contribution in [2.24, 2.45) is 0 Å². The second-order valence-corrected chi connectivity index (χ2v) is 5.08. The molecule has 0 spiro atoms. The summed E-state index contributed by atoms with van der Waals surface area (Å²) in [6, 6.07) is 6.41. The van der Waals surface area contributed by atoms with Crippen LogP contribution in [-0.2, 0) is 4.79 Å². The van der Waals surface area contributed by atoms with Crippen LogP contribution in [0.5, 0.6) is 0 Å². The molecule has 3 heteroatoms. The molecule has 1 aliphatic carbocycles. The monoisotopic (exact) mass is 261 g/mol.